The van der Waals surface area contributed by atoms with E-state index in [-0.39, 0.29) is 17.4 Å². The van der Waals surface area contributed by atoms with Crippen molar-refractivity contribution >= 4 is 5.91 Å². The first-order valence-corrected chi connectivity index (χ1v) is 9.47. The van der Waals surface area contributed by atoms with Crippen molar-refractivity contribution < 1.29 is 13.9 Å². The number of alkyl halides is 1. The van der Waals surface area contributed by atoms with Crippen LogP contribution in [0, 0.1) is 5.92 Å². The molecule has 4 nitrogen and oxygen atoms in total. The zero-order chi connectivity index (χ0) is 15.9. The minimum absolute atomic E-state index is 0.0656. The standard InChI is InChI=1S/C18H29FN2O2/c19-15-10-14(11-15)17(22)21-9-6-18(13-21)5-3-4-16(23-18)12-20-7-1-2-8-20/h14-16H,1-13H2/t14?,15?,16-,18+/m0/s1. The maximum absolute atomic E-state index is 13.0. The third kappa shape index (κ3) is 3.27. The molecule has 0 aromatic heterocycles. The van der Waals surface area contributed by atoms with E-state index in [0.717, 1.165) is 38.9 Å². The molecule has 3 heterocycles. The Morgan fingerprint density at radius 1 is 1.13 bits per heavy atom. The molecule has 1 aliphatic carbocycles. The van der Waals surface area contributed by atoms with E-state index in [1.165, 1.54) is 32.4 Å². The second-order valence-electron chi connectivity index (χ2n) is 8.10. The van der Waals surface area contributed by atoms with Gasteiger partial charge in [0.1, 0.15) is 6.17 Å². The Morgan fingerprint density at radius 2 is 1.91 bits per heavy atom. The fourth-order valence-electron chi connectivity index (χ4n) is 4.85. The molecule has 4 fully saturated rings. The molecule has 4 aliphatic rings. The third-order valence-electron chi connectivity index (χ3n) is 6.29. The molecule has 130 valence electrons. The molecular formula is C18H29FN2O2. The largest absolute Gasteiger partial charge is 0.369 e. The van der Waals surface area contributed by atoms with Gasteiger partial charge in [-0.2, -0.15) is 0 Å². The van der Waals surface area contributed by atoms with Crippen LogP contribution in [0.25, 0.3) is 0 Å². The van der Waals surface area contributed by atoms with E-state index in [0.29, 0.717) is 18.9 Å². The van der Waals surface area contributed by atoms with Gasteiger partial charge in [-0.05, 0) is 64.5 Å². The van der Waals surface area contributed by atoms with Crippen LogP contribution >= 0.6 is 0 Å². The summed E-state index contributed by atoms with van der Waals surface area (Å²) in [5.74, 6) is 0.102. The molecular weight excluding hydrogens is 295 g/mol. The first-order valence-electron chi connectivity index (χ1n) is 9.47. The van der Waals surface area contributed by atoms with Crippen molar-refractivity contribution in [3.05, 3.63) is 0 Å². The molecule has 1 saturated carbocycles. The first-order chi connectivity index (χ1) is 11.1. The van der Waals surface area contributed by atoms with Gasteiger partial charge in [-0.1, -0.05) is 0 Å². The van der Waals surface area contributed by atoms with Crippen molar-refractivity contribution in [1.82, 2.24) is 9.80 Å². The molecule has 0 unspecified atom stereocenters. The molecule has 0 aromatic rings. The molecule has 5 heteroatoms. The van der Waals surface area contributed by atoms with Crippen molar-refractivity contribution in [2.75, 3.05) is 32.7 Å². The van der Waals surface area contributed by atoms with Crippen molar-refractivity contribution in [2.45, 2.75) is 69.2 Å². The zero-order valence-electron chi connectivity index (χ0n) is 14.0. The Labute approximate surface area is 138 Å². The Morgan fingerprint density at radius 3 is 2.65 bits per heavy atom. The molecule has 2 atom stereocenters. The maximum Gasteiger partial charge on any atom is 0.225 e. The van der Waals surface area contributed by atoms with Crippen LogP contribution in [0.1, 0.15) is 51.4 Å². The van der Waals surface area contributed by atoms with E-state index in [4.69, 9.17) is 4.74 Å². The lowest BCUT2D eigenvalue weighted by molar-refractivity contribution is -0.146. The molecule has 3 saturated heterocycles. The lowest BCUT2D eigenvalue weighted by Gasteiger charge is -2.40. The number of carbonyl (C=O) groups excluding carboxylic acids is 1. The molecule has 3 aliphatic heterocycles. The van der Waals surface area contributed by atoms with Gasteiger partial charge in [0, 0.05) is 25.6 Å². The lowest BCUT2D eigenvalue weighted by atomic mass is 9.82. The summed E-state index contributed by atoms with van der Waals surface area (Å²) in [6, 6.07) is 0. The molecule has 0 bridgehead atoms. The Balaban J connectivity index is 1.32. The fraction of sp³-hybridized carbons (Fsp3) is 0.944. The van der Waals surface area contributed by atoms with E-state index in [9.17, 15) is 9.18 Å². The van der Waals surface area contributed by atoms with Crippen LogP contribution in [0.15, 0.2) is 0 Å². The van der Waals surface area contributed by atoms with Gasteiger partial charge in [0.05, 0.1) is 11.7 Å². The van der Waals surface area contributed by atoms with Gasteiger partial charge in [0.2, 0.25) is 5.91 Å². The van der Waals surface area contributed by atoms with Crippen LogP contribution in [-0.2, 0) is 9.53 Å². The molecule has 0 N–H and O–H groups in total. The van der Waals surface area contributed by atoms with Gasteiger partial charge in [-0.25, -0.2) is 4.39 Å². The lowest BCUT2D eigenvalue weighted by Crippen LogP contribution is -2.48. The number of likely N-dealkylation sites (tertiary alicyclic amines) is 2. The van der Waals surface area contributed by atoms with E-state index < -0.39 is 6.17 Å². The van der Waals surface area contributed by atoms with Crippen LogP contribution in [-0.4, -0.2) is 66.3 Å². The van der Waals surface area contributed by atoms with E-state index in [2.05, 4.69) is 4.90 Å². The normalized spacial score (nSPS) is 41.4. The van der Waals surface area contributed by atoms with Gasteiger partial charge in [0.25, 0.3) is 0 Å². The van der Waals surface area contributed by atoms with Crippen LogP contribution in [0.5, 0.6) is 0 Å². The summed E-state index contributed by atoms with van der Waals surface area (Å²) >= 11 is 0. The second kappa shape index (κ2) is 6.32. The molecule has 0 radical (unpaired) electrons. The average molecular weight is 324 g/mol. The third-order valence-corrected chi connectivity index (χ3v) is 6.29. The zero-order valence-corrected chi connectivity index (χ0v) is 14.0. The highest BCUT2D eigenvalue weighted by Gasteiger charge is 2.47. The predicted molar refractivity (Wildman–Crippen MR) is 85.9 cm³/mol. The number of hydrogen-bond donors (Lipinski definition) is 0. The van der Waals surface area contributed by atoms with Crippen LogP contribution in [0.2, 0.25) is 0 Å². The predicted octanol–water partition coefficient (Wildman–Crippen LogP) is 2.37. The summed E-state index contributed by atoms with van der Waals surface area (Å²) in [5.41, 5.74) is -0.114. The first kappa shape index (κ1) is 15.8. The number of rotatable bonds is 3. The number of carbonyl (C=O) groups is 1. The summed E-state index contributed by atoms with van der Waals surface area (Å²) in [6.45, 7) is 5.01. The quantitative estimate of drug-likeness (QED) is 0.799. The van der Waals surface area contributed by atoms with E-state index in [1.54, 1.807) is 0 Å². The Hall–Kier alpha value is -0.680. The monoisotopic (exact) mass is 324 g/mol. The summed E-state index contributed by atoms with van der Waals surface area (Å²) in [6.07, 6.45) is 7.46. The second-order valence-corrected chi connectivity index (χ2v) is 8.10. The Bertz CT molecular complexity index is 448. The van der Waals surface area contributed by atoms with Gasteiger partial charge in [-0.3, -0.25) is 4.79 Å². The van der Waals surface area contributed by atoms with Crippen molar-refractivity contribution in [3.63, 3.8) is 0 Å². The van der Waals surface area contributed by atoms with Crippen molar-refractivity contribution in [2.24, 2.45) is 5.92 Å². The van der Waals surface area contributed by atoms with Crippen LogP contribution in [0.3, 0.4) is 0 Å². The minimum Gasteiger partial charge on any atom is -0.369 e. The highest BCUT2D eigenvalue weighted by molar-refractivity contribution is 5.80. The number of halogens is 1. The summed E-state index contributed by atoms with van der Waals surface area (Å²) in [7, 11) is 0. The van der Waals surface area contributed by atoms with Gasteiger partial charge < -0.3 is 14.5 Å². The van der Waals surface area contributed by atoms with E-state index in [1.807, 2.05) is 4.90 Å². The number of nitrogens with zero attached hydrogens (tertiary/aromatic N) is 2. The smallest absolute Gasteiger partial charge is 0.225 e. The van der Waals surface area contributed by atoms with Gasteiger partial charge in [-0.15, -0.1) is 0 Å². The van der Waals surface area contributed by atoms with E-state index >= 15 is 0 Å². The maximum atomic E-state index is 13.0. The highest BCUT2D eigenvalue weighted by atomic mass is 19.1. The highest BCUT2D eigenvalue weighted by Crippen LogP contribution is 2.39. The topological polar surface area (TPSA) is 32.8 Å². The summed E-state index contributed by atoms with van der Waals surface area (Å²) in [4.78, 5) is 16.9. The van der Waals surface area contributed by atoms with Crippen LogP contribution in [0.4, 0.5) is 4.39 Å². The molecule has 1 amide bonds. The SMILES string of the molecule is O=C(C1CC(F)C1)N1CC[C@]2(CCC[C@@H](CN3CCCC3)O2)C1. The number of hydrogen-bond acceptors (Lipinski definition) is 3. The summed E-state index contributed by atoms with van der Waals surface area (Å²) < 4.78 is 19.5. The molecule has 1 spiro atoms. The number of amides is 1. The minimum atomic E-state index is -0.753. The van der Waals surface area contributed by atoms with Crippen molar-refractivity contribution in [3.8, 4) is 0 Å². The van der Waals surface area contributed by atoms with Crippen LogP contribution < -0.4 is 0 Å². The Kier molecular flexibility index (Phi) is 4.35. The molecule has 23 heavy (non-hydrogen) atoms. The molecule has 4 rings (SSSR count). The average Bonchev–Trinajstić information content (AvgIpc) is 3.14. The fourth-order valence-corrected chi connectivity index (χ4v) is 4.85. The molecule has 0 aromatic carbocycles. The van der Waals surface area contributed by atoms with Crippen molar-refractivity contribution in [1.29, 1.82) is 0 Å². The summed E-state index contributed by atoms with van der Waals surface area (Å²) in [5, 5.41) is 0. The number of ether oxygens (including phenoxy) is 1. The van der Waals surface area contributed by atoms with Gasteiger partial charge >= 0.3 is 0 Å². The van der Waals surface area contributed by atoms with Gasteiger partial charge in [0.15, 0.2) is 0 Å².